The van der Waals surface area contributed by atoms with Gasteiger partial charge in [-0.05, 0) is 45.4 Å². The molecular formula is C24H32N2O3. The molecule has 29 heavy (non-hydrogen) atoms. The number of para-hydroxylation sites is 2. The van der Waals surface area contributed by atoms with Gasteiger partial charge >= 0.3 is 0 Å². The van der Waals surface area contributed by atoms with E-state index in [2.05, 4.69) is 0 Å². The maximum atomic E-state index is 13.0. The Morgan fingerprint density at radius 2 is 1.55 bits per heavy atom. The first kappa shape index (κ1) is 22.5. The highest BCUT2D eigenvalue weighted by atomic mass is 16.5. The lowest BCUT2D eigenvalue weighted by Gasteiger charge is -2.29. The minimum absolute atomic E-state index is 0.00565. The van der Waals surface area contributed by atoms with Crippen LogP contribution in [0.5, 0.6) is 5.75 Å². The zero-order chi connectivity index (χ0) is 21.4. The predicted molar refractivity (Wildman–Crippen MR) is 117 cm³/mol. The number of carbonyl (C=O) groups excluding carboxylic acids is 2. The monoisotopic (exact) mass is 396 g/mol. The quantitative estimate of drug-likeness (QED) is 0.620. The van der Waals surface area contributed by atoms with Crippen LogP contribution in [-0.2, 0) is 16.1 Å². The normalized spacial score (nSPS) is 10.9. The van der Waals surface area contributed by atoms with Crippen molar-refractivity contribution >= 4 is 17.5 Å². The second-order valence-corrected chi connectivity index (χ2v) is 7.66. The van der Waals surface area contributed by atoms with Gasteiger partial charge in [-0.15, -0.1) is 0 Å². The topological polar surface area (TPSA) is 49.9 Å². The number of amides is 2. The van der Waals surface area contributed by atoms with Crippen molar-refractivity contribution in [2.45, 2.75) is 59.7 Å². The van der Waals surface area contributed by atoms with Gasteiger partial charge < -0.3 is 14.5 Å². The summed E-state index contributed by atoms with van der Waals surface area (Å²) < 4.78 is 5.86. The molecule has 0 aromatic heterocycles. The Bertz CT molecular complexity index is 803. The Balaban J connectivity index is 2.13. The largest absolute Gasteiger partial charge is 0.489 e. The van der Waals surface area contributed by atoms with Crippen LogP contribution < -0.4 is 9.64 Å². The van der Waals surface area contributed by atoms with Gasteiger partial charge in [0.2, 0.25) is 11.8 Å². The number of nitrogens with zero attached hydrogens (tertiary/aromatic N) is 2. The van der Waals surface area contributed by atoms with E-state index in [0.717, 1.165) is 5.56 Å². The zero-order valence-electron chi connectivity index (χ0n) is 18.1. The maximum absolute atomic E-state index is 13.0. The summed E-state index contributed by atoms with van der Waals surface area (Å²) in [5.74, 6) is 0.560. The standard InChI is InChI=1S/C24H32N2O3/c1-18(2)26(17-21-11-7-6-8-12-21)24(28)15-16-25(20(5)27)22-13-9-10-14-23(22)29-19(3)4/h6-14,18-19H,15-17H2,1-5H3. The highest BCUT2D eigenvalue weighted by Crippen LogP contribution is 2.29. The van der Waals surface area contributed by atoms with Crippen molar-refractivity contribution in [1.29, 1.82) is 0 Å². The first-order chi connectivity index (χ1) is 13.8. The fourth-order valence-corrected chi connectivity index (χ4v) is 3.17. The van der Waals surface area contributed by atoms with Crippen LogP contribution in [0.4, 0.5) is 5.69 Å². The molecule has 0 saturated heterocycles. The number of rotatable bonds is 9. The molecule has 0 bridgehead atoms. The Hall–Kier alpha value is -2.82. The molecule has 0 atom stereocenters. The third-order valence-corrected chi connectivity index (χ3v) is 4.59. The third kappa shape index (κ3) is 6.63. The lowest BCUT2D eigenvalue weighted by molar-refractivity contribution is -0.133. The summed E-state index contributed by atoms with van der Waals surface area (Å²) in [6, 6.07) is 17.5. The summed E-state index contributed by atoms with van der Waals surface area (Å²) in [6.45, 7) is 10.3. The predicted octanol–water partition coefficient (Wildman–Crippen LogP) is 4.65. The molecule has 0 aliphatic carbocycles. The van der Waals surface area contributed by atoms with Crippen molar-refractivity contribution in [3.8, 4) is 5.75 Å². The van der Waals surface area contributed by atoms with Crippen LogP contribution in [0.2, 0.25) is 0 Å². The van der Waals surface area contributed by atoms with E-state index in [4.69, 9.17) is 4.74 Å². The van der Waals surface area contributed by atoms with Gasteiger partial charge in [0, 0.05) is 32.5 Å². The molecule has 2 aromatic carbocycles. The van der Waals surface area contributed by atoms with Crippen molar-refractivity contribution in [1.82, 2.24) is 4.90 Å². The van der Waals surface area contributed by atoms with E-state index in [1.165, 1.54) is 6.92 Å². The molecule has 0 aliphatic heterocycles. The lowest BCUT2D eigenvalue weighted by atomic mass is 10.1. The van der Waals surface area contributed by atoms with Gasteiger partial charge in [0.05, 0.1) is 11.8 Å². The molecule has 0 fully saturated rings. The van der Waals surface area contributed by atoms with Crippen LogP contribution >= 0.6 is 0 Å². The first-order valence-electron chi connectivity index (χ1n) is 10.2. The molecule has 2 amide bonds. The summed E-state index contributed by atoms with van der Waals surface area (Å²) in [5.41, 5.74) is 1.79. The summed E-state index contributed by atoms with van der Waals surface area (Å²) in [6.07, 6.45) is 0.245. The van der Waals surface area contributed by atoms with Gasteiger partial charge in [0.25, 0.3) is 0 Å². The molecule has 5 heteroatoms. The summed E-state index contributed by atoms with van der Waals surface area (Å²) in [5, 5.41) is 0. The van der Waals surface area contributed by atoms with E-state index in [0.29, 0.717) is 24.5 Å². The molecule has 0 N–H and O–H groups in total. The van der Waals surface area contributed by atoms with Gasteiger partial charge in [-0.2, -0.15) is 0 Å². The zero-order valence-corrected chi connectivity index (χ0v) is 18.1. The van der Waals surface area contributed by atoms with Crippen LogP contribution in [0.15, 0.2) is 54.6 Å². The van der Waals surface area contributed by atoms with Gasteiger partial charge in [-0.25, -0.2) is 0 Å². The van der Waals surface area contributed by atoms with E-state index in [1.54, 1.807) is 4.90 Å². The van der Waals surface area contributed by atoms with E-state index in [1.807, 2.05) is 87.2 Å². The molecule has 0 radical (unpaired) electrons. The van der Waals surface area contributed by atoms with Crippen LogP contribution in [0, 0.1) is 0 Å². The van der Waals surface area contributed by atoms with Crippen LogP contribution in [-0.4, -0.2) is 35.4 Å². The minimum Gasteiger partial charge on any atom is -0.489 e. The average molecular weight is 397 g/mol. The Morgan fingerprint density at radius 3 is 2.14 bits per heavy atom. The molecule has 0 saturated carbocycles. The lowest BCUT2D eigenvalue weighted by Crippen LogP contribution is -2.39. The van der Waals surface area contributed by atoms with E-state index < -0.39 is 0 Å². The fraction of sp³-hybridized carbons (Fsp3) is 0.417. The molecule has 156 valence electrons. The number of anilines is 1. The second kappa shape index (κ2) is 10.6. The number of hydrogen-bond acceptors (Lipinski definition) is 3. The van der Waals surface area contributed by atoms with Crippen LogP contribution in [0.3, 0.4) is 0 Å². The van der Waals surface area contributed by atoms with Crippen molar-refractivity contribution < 1.29 is 14.3 Å². The Morgan fingerprint density at radius 1 is 0.931 bits per heavy atom. The summed E-state index contributed by atoms with van der Waals surface area (Å²) in [4.78, 5) is 28.8. The highest BCUT2D eigenvalue weighted by Gasteiger charge is 2.22. The van der Waals surface area contributed by atoms with Crippen LogP contribution in [0.1, 0.15) is 46.6 Å². The van der Waals surface area contributed by atoms with Crippen molar-refractivity contribution in [3.05, 3.63) is 60.2 Å². The molecule has 0 unspecified atom stereocenters. The van der Waals surface area contributed by atoms with Gasteiger partial charge in [-0.1, -0.05) is 42.5 Å². The summed E-state index contributed by atoms with van der Waals surface area (Å²) >= 11 is 0. The molecular weight excluding hydrogens is 364 g/mol. The third-order valence-electron chi connectivity index (χ3n) is 4.59. The van der Waals surface area contributed by atoms with E-state index >= 15 is 0 Å². The van der Waals surface area contributed by atoms with Gasteiger partial charge in [0.1, 0.15) is 5.75 Å². The first-order valence-corrected chi connectivity index (χ1v) is 10.2. The average Bonchev–Trinajstić information content (AvgIpc) is 2.67. The smallest absolute Gasteiger partial charge is 0.224 e. The molecule has 0 spiro atoms. The highest BCUT2D eigenvalue weighted by molar-refractivity contribution is 5.94. The second-order valence-electron chi connectivity index (χ2n) is 7.66. The number of ether oxygens (including phenoxy) is 1. The van der Waals surface area contributed by atoms with E-state index in [-0.39, 0.29) is 30.4 Å². The van der Waals surface area contributed by atoms with Crippen molar-refractivity contribution in [3.63, 3.8) is 0 Å². The number of carbonyl (C=O) groups is 2. The molecule has 2 aromatic rings. The van der Waals surface area contributed by atoms with E-state index in [9.17, 15) is 9.59 Å². The van der Waals surface area contributed by atoms with Crippen LogP contribution in [0.25, 0.3) is 0 Å². The molecule has 0 aliphatic rings. The maximum Gasteiger partial charge on any atom is 0.224 e. The van der Waals surface area contributed by atoms with Crippen molar-refractivity contribution in [2.24, 2.45) is 0 Å². The Kier molecular flexibility index (Phi) is 8.25. The van der Waals surface area contributed by atoms with Gasteiger partial charge in [-0.3, -0.25) is 9.59 Å². The number of hydrogen-bond donors (Lipinski definition) is 0. The summed E-state index contributed by atoms with van der Waals surface area (Å²) in [7, 11) is 0. The Labute approximate surface area is 174 Å². The SMILES string of the molecule is CC(=O)N(CCC(=O)N(Cc1ccccc1)C(C)C)c1ccccc1OC(C)C. The molecule has 5 nitrogen and oxygen atoms in total. The molecule has 0 heterocycles. The molecule has 2 rings (SSSR count). The van der Waals surface area contributed by atoms with Gasteiger partial charge in [0.15, 0.2) is 0 Å². The minimum atomic E-state index is -0.114. The fourth-order valence-electron chi connectivity index (χ4n) is 3.17. The van der Waals surface area contributed by atoms with Crippen molar-refractivity contribution in [2.75, 3.05) is 11.4 Å². The number of benzene rings is 2.